The molecule has 6 nitrogen and oxygen atoms in total. The molecule has 0 aromatic heterocycles. The van der Waals surface area contributed by atoms with Crippen LogP contribution in [0.4, 0.5) is 11.4 Å². The maximum absolute atomic E-state index is 10.9. The van der Waals surface area contributed by atoms with E-state index in [1.807, 2.05) is 20.8 Å². The van der Waals surface area contributed by atoms with Crippen LogP contribution in [-0.4, -0.2) is 29.3 Å². The predicted molar refractivity (Wildman–Crippen MR) is 78.2 cm³/mol. The Balaban J connectivity index is 2.75. The number of hydrogen-bond donors (Lipinski definition) is 2. The monoisotopic (exact) mass is 282 g/mol. The van der Waals surface area contributed by atoms with Gasteiger partial charge in [-0.25, -0.2) is 0 Å². The van der Waals surface area contributed by atoms with Gasteiger partial charge in [0.1, 0.15) is 5.75 Å². The molecule has 1 aromatic rings. The molecule has 1 aromatic carbocycles. The fourth-order valence-corrected chi connectivity index (χ4v) is 1.90. The van der Waals surface area contributed by atoms with Crippen LogP contribution in [-0.2, 0) is 0 Å². The molecule has 1 unspecified atom stereocenters. The minimum absolute atomic E-state index is 0.0307. The predicted octanol–water partition coefficient (Wildman–Crippen LogP) is 2.81. The molecule has 0 fully saturated rings. The van der Waals surface area contributed by atoms with Gasteiger partial charge in [-0.15, -0.1) is 0 Å². The lowest BCUT2D eigenvalue weighted by atomic mass is 10.1. The van der Waals surface area contributed by atoms with E-state index in [0.29, 0.717) is 36.9 Å². The number of aliphatic hydroxyl groups is 1. The van der Waals surface area contributed by atoms with Crippen LogP contribution in [0.25, 0.3) is 0 Å². The van der Waals surface area contributed by atoms with E-state index in [9.17, 15) is 15.2 Å². The fraction of sp³-hybridized carbons (Fsp3) is 0.571. The second-order valence-electron chi connectivity index (χ2n) is 5.07. The van der Waals surface area contributed by atoms with Crippen molar-refractivity contribution in [3.63, 3.8) is 0 Å². The molecular weight excluding hydrogens is 260 g/mol. The molecule has 0 aliphatic carbocycles. The van der Waals surface area contributed by atoms with E-state index in [4.69, 9.17) is 4.74 Å². The lowest BCUT2D eigenvalue weighted by Gasteiger charge is -2.15. The van der Waals surface area contributed by atoms with Gasteiger partial charge in [0.2, 0.25) is 0 Å². The third kappa shape index (κ3) is 5.44. The first kappa shape index (κ1) is 16.2. The van der Waals surface area contributed by atoms with Crippen molar-refractivity contribution in [2.75, 3.05) is 18.5 Å². The van der Waals surface area contributed by atoms with Crippen molar-refractivity contribution in [2.45, 2.75) is 33.3 Å². The van der Waals surface area contributed by atoms with Crippen LogP contribution in [0.5, 0.6) is 5.75 Å². The highest BCUT2D eigenvalue weighted by Gasteiger charge is 2.12. The van der Waals surface area contributed by atoms with E-state index in [-0.39, 0.29) is 5.69 Å². The molecule has 0 saturated heterocycles. The van der Waals surface area contributed by atoms with E-state index in [1.54, 1.807) is 6.07 Å². The lowest BCUT2D eigenvalue weighted by molar-refractivity contribution is -0.384. The number of benzene rings is 1. The highest BCUT2D eigenvalue weighted by Crippen LogP contribution is 2.26. The summed E-state index contributed by atoms with van der Waals surface area (Å²) in [5, 5.41) is 23.7. The Hall–Kier alpha value is -1.82. The zero-order chi connectivity index (χ0) is 15.1. The maximum Gasteiger partial charge on any atom is 0.275 e. The van der Waals surface area contributed by atoms with Gasteiger partial charge < -0.3 is 15.2 Å². The van der Waals surface area contributed by atoms with Gasteiger partial charge in [0.25, 0.3) is 5.69 Å². The molecule has 0 amide bonds. The van der Waals surface area contributed by atoms with E-state index in [1.165, 1.54) is 12.1 Å². The normalized spacial score (nSPS) is 12.2. The third-order valence-corrected chi connectivity index (χ3v) is 2.70. The first-order valence-electron chi connectivity index (χ1n) is 6.76. The molecule has 1 atom stereocenters. The Labute approximate surface area is 118 Å². The lowest BCUT2D eigenvalue weighted by Crippen LogP contribution is -2.21. The smallest absolute Gasteiger partial charge is 0.275 e. The second kappa shape index (κ2) is 7.69. The van der Waals surface area contributed by atoms with Gasteiger partial charge in [-0.2, -0.15) is 0 Å². The Morgan fingerprint density at radius 3 is 2.65 bits per heavy atom. The number of nitro groups is 1. The summed E-state index contributed by atoms with van der Waals surface area (Å²) in [5.41, 5.74) is 0.544. The van der Waals surface area contributed by atoms with Crippen molar-refractivity contribution in [1.82, 2.24) is 0 Å². The first-order chi connectivity index (χ1) is 9.42. The van der Waals surface area contributed by atoms with Gasteiger partial charge in [-0.1, -0.05) is 13.8 Å². The number of anilines is 1. The second-order valence-corrected chi connectivity index (χ2v) is 5.07. The highest BCUT2D eigenvalue weighted by atomic mass is 16.6. The van der Waals surface area contributed by atoms with E-state index < -0.39 is 11.0 Å². The van der Waals surface area contributed by atoms with Gasteiger partial charge in [0.05, 0.1) is 23.7 Å². The molecule has 0 bridgehead atoms. The summed E-state index contributed by atoms with van der Waals surface area (Å²) in [6.45, 7) is 6.67. The van der Waals surface area contributed by atoms with Crippen LogP contribution in [0.1, 0.15) is 27.2 Å². The molecule has 6 heteroatoms. The zero-order valence-electron chi connectivity index (χ0n) is 12.1. The van der Waals surface area contributed by atoms with Crippen LogP contribution in [0, 0.1) is 16.0 Å². The van der Waals surface area contributed by atoms with Crippen LogP contribution >= 0.6 is 0 Å². The Bertz CT molecular complexity index is 449. The Morgan fingerprint density at radius 1 is 1.40 bits per heavy atom. The fourth-order valence-electron chi connectivity index (χ4n) is 1.90. The molecule has 0 heterocycles. The summed E-state index contributed by atoms with van der Waals surface area (Å²) in [4.78, 5) is 10.4. The number of hydrogen-bond acceptors (Lipinski definition) is 5. The number of rotatable bonds is 8. The number of nitro benzene ring substituents is 1. The molecule has 2 N–H and O–H groups in total. The van der Waals surface area contributed by atoms with E-state index in [2.05, 4.69) is 5.32 Å². The Morgan fingerprint density at radius 2 is 2.10 bits per heavy atom. The number of non-ortho nitro benzene ring substituents is 1. The SMILES string of the molecule is CCOc1cc(NCC(O)CC(C)C)cc([N+](=O)[O-])c1. The topological polar surface area (TPSA) is 84.6 Å². The summed E-state index contributed by atoms with van der Waals surface area (Å²) in [7, 11) is 0. The molecule has 112 valence electrons. The molecule has 0 aliphatic rings. The summed E-state index contributed by atoms with van der Waals surface area (Å²) in [6.07, 6.45) is 0.199. The number of ether oxygens (including phenoxy) is 1. The van der Waals surface area contributed by atoms with Crippen molar-refractivity contribution >= 4 is 11.4 Å². The summed E-state index contributed by atoms with van der Waals surface area (Å²) < 4.78 is 5.30. The van der Waals surface area contributed by atoms with Crippen molar-refractivity contribution in [1.29, 1.82) is 0 Å². The van der Waals surface area contributed by atoms with E-state index >= 15 is 0 Å². The molecule has 1 rings (SSSR count). The van der Waals surface area contributed by atoms with Crippen molar-refractivity contribution in [2.24, 2.45) is 5.92 Å². The van der Waals surface area contributed by atoms with Crippen LogP contribution in [0.2, 0.25) is 0 Å². The standard InChI is InChI=1S/C14H22N2O4/c1-4-20-14-7-11(6-12(8-14)16(18)19)15-9-13(17)5-10(2)3/h6-8,10,13,15,17H,4-5,9H2,1-3H3. The quantitative estimate of drug-likeness (QED) is 0.565. The average Bonchev–Trinajstić information content (AvgIpc) is 2.35. The first-order valence-corrected chi connectivity index (χ1v) is 6.76. The molecule has 0 aliphatic heterocycles. The van der Waals surface area contributed by atoms with Gasteiger partial charge >= 0.3 is 0 Å². The van der Waals surface area contributed by atoms with Crippen LogP contribution in [0.15, 0.2) is 18.2 Å². The zero-order valence-corrected chi connectivity index (χ0v) is 12.1. The van der Waals surface area contributed by atoms with Crippen LogP contribution in [0.3, 0.4) is 0 Å². The molecule has 20 heavy (non-hydrogen) atoms. The van der Waals surface area contributed by atoms with Crippen molar-refractivity contribution < 1.29 is 14.8 Å². The molecule has 0 saturated carbocycles. The van der Waals surface area contributed by atoms with Crippen molar-refractivity contribution in [3.05, 3.63) is 28.3 Å². The van der Waals surface area contributed by atoms with Crippen LogP contribution < -0.4 is 10.1 Å². The number of nitrogens with zero attached hydrogens (tertiary/aromatic N) is 1. The summed E-state index contributed by atoms with van der Waals surface area (Å²) in [5.74, 6) is 0.846. The Kier molecular flexibility index (Phi) is 6.24. The molecular formula is C14H22N2O4. The van der Waals surface area contributed by atoms with E-state index in [0.717, 1.165) is 0 Å². The van der Waals surface area contributed by atoms with Gasteiger partial charge in [-0.3, -0.25) is 10.1 Å². The highest BCUT2D eigenvalue weighted by molar-refractivity contribution is 5.56. The molecule has 0 radical (unpaired) electrons. The summed E-state index contributed by atoms with van der Waals surface area (Å²) in [6, 6.07) is 4.52. The van der Waals surface area contributed by atoms with Gasteiger partial charge in [0, 0.05) is 24.4 Å². The van der Waals surface area contributed by atoms with Gasteiger partial charge in [0.15, 0.2) is 0 Å². The number of aliphatic hydroxyl groups excluding tert-OH is 1. The van der Waals surface area contributed by atoms with Crippen molar-refractivity contribution in [3.8, 4) is 5.75 Å². The molecule has 0 spiro atoms. The van der Waals surface area contributed by atoms with Gasteiger partial charge in [-0.05, 0) is 19.3 Å². The maximum atomic E-state index is 10.9. The average molecular weight is 282 g/mol. The summed E-state index contributed by atoms with van der Waals surface area (Å²) >= 11 is 0. The largest absolute Gasteiger partial charge is 0.494 e. The minimum atomic E-state index is -0.482. The number of nitrogens with one attached hydrogen (secondary N) is 1. The minimum Gasteiger partial charge on any atom is -0.494 e. The third-order valence-electron chi connectivity index (χ3n) is 2.70.